The number of aliphatic hydroxyl groups excluding tert-OH is 2. The summed E-state index contributed by atoms with van der Waals surface area (Å²) in [4.78, 5) is 56.9. The number of alkyl carbamates (subject to hydrolysis) is 2. The number of ether oxygens (including phenoxy) is 4. The van der Waals surface area contributed by atoms with Crippen molar-refractivity contribution in [2.24, 2.45) is 5.73 Å². The Labute approximate surface area is 298 Å². The predicted octanol–water partition coefficient (Wildman–Crippen LogP) is 2.13. The molecule has 15 nitrogen and oxygen atoms in total. The molecule has 3 aromatic rings. The second kappa shape index (κ2) is 17.8. The largest absolute Gasteiger partial charge is 0.461 e. The van der Waals surface area contributed by atoms with Crippen LogP contribution in [-0.4, -0.2) is 106 Å². The Hall–Kier alpha value is -4.90. The van der Waals surface area contributed by atoms with Crippen LogP contribution in [-0.2, 0) is 35.0 Å². The van der Waals surface area contributed by atoms with Gasteiger partial charge in [-0.3, -0.25) is 4.79 Å². The highest BCUT2D eigenvalue weighted by Crippen LogP contribution is 2.44. The minimum atomic E-state index is -1.59. The van der Waals surface area contributed by atoms with Crippen molar-refractivity contribution in [3.8, 4) is 11.1 Å². The Morgan fingerprint density at radius 3 is 2.35 bits per heavy atom. The van der Waals surface area contributed by atoms with Crippen molar-refractivity contribution in [2.75, 3.05) is 25.6 Å². The summed E-state index contributed by atoms with van der Waals surface area (Å²) in [6.07, 6.45) is -1.30. The molecule has 0 saturated carbocycles. The van der Waals surface area contributed by atoms with Crippen LogP contribution in [0.2, 0.25) is 0 Å². The van der Waals surface area contributed by atoms with E-state index in [-0.39, 0.29) is 32.0 Å². The molecule has 1 aliphatic carbocycles. The lowest BCUT2D eigenvalue weighted by molar-refractivity contribution is -0.183. The first-order valence-corrected chi connectivity index (χ1v) is 17.4. The van der Waals surface area contributed by atoms with Gasteiger partial charge >= 0.3 is 18.2 Å². The van der Waals surface area contributed by atoms with Crippen molar-refractivity contribution in [1.29, 1.82) is 0 Å². The molecular weight excluding hydrogens is 682 g/mol. The molecule has 2 aliphatic rings. The summed E-state index contributed by atoms with van der Waals surface area (Å²) >= 11 is 1.17. The zero-order valence-electron chi connectivity index (χ0n) is 27.6. The van der Waals surface area contributed by atoms with Gasteiger partial charge in [0, 0.05) is 30.7 Å². The molecule has 0 bridgehead atoms. The van der Waals surface area contributed by atoms with Crippen LogP contribution in [0.4, 0.5) is 9.59 Å². The van der Waals surface area contributed by atoms with Gasteiger partial charge in [-0.25, -0.2) is 19.4 Å². The van der Waals surface area contributed by atoms with E-state index < -0.39 is 66.5 Å². The van der Waals surface area contributed by atoms with Gasteiger partial charge in [0.1, 0.15) is 49.6 Å². The Bertz CT molecular complexity index is 1630. The lowest BCUT2D eigenvalue weighted by atomic mass is 9.98. The van der Waals surface area contributed by atoms with Gasteiger partial charge in [-0.1, -0.05) is 61.2 Å². The van der Waals surface area contributed by atoms with Crippen LogP contribution in [0, 0.1) is 0 Å². The molecule has 51 heavy (non-hydrogen) atoms. The zero-order valence-corrected chi connectivity index (χ0v) is 28.5. The van der Waals surface area contributed by atoms with Gasteiger partial charge in [-0.2, -0.15) is 0 Å². The predicted molar refractivity (Wildman–Crippen MR) is 185 cm³/mol. The maximum Gasteiger partial charge on any atom is 0.407 e. The van der Waals surface area contributed by atoms with Crippen LogP contribution in [0.5, 0.6) is 0 Å². The quantitative estimate of drug-likeness (QED) is 0.0541. The number of aliphatic hydroxyl groups is 2. The van der Waals surface area contributed by atoms with Gasteiger partial charge in [-0.05, 0) is 34.4 Å². The monoisotopic (exact) mass is 723 g/mol. The summed E-state index contributed by atoms with van der Waals surface area (Å²) in [5.41, 5.74) is 9.04. The average molecular weight is 724 g/mol. The summed E-state index contributed by atoms with van der Waals surface area (Å²) in [6.45, 7) is 2.92. The number of benzene rings is 2. The normalized spacial score (nSPS) is 21.4. The van der Waals surface area contributed by atoms with Crippen molar-refractivity contribution in [1.82, 2.24) is 20.6 Å². The summed E-state index contributed by atoms with van der Waals surface area (Å²) in [6, 6.07) is 13.5. The molecule has 6 atom stereocenters. The summed E-state index contributed by atoms with van der Waals surface area (Å²) in [5.74, 6) is -1.18. The van der Waals surface area contributed by atoms with Gasteiger partial charge in [0.05, 0.1) is 12.4 Å². The van der Waals surface area contributed by atoms with Crippen LogP contribution in [0.3, 0.4) is 0 Å². The number of thioether (sulfide) groups is 1. The maximum absolute atomic E-state index is 13.4. The molecule has 1 saturated heterocycles. The van der Waals surface area contributed by atoms with Crippen molar-refractivity contribution in [2.45, 2.75) is 61.0 Å². The van der Waals surface area contributed by atoms with Crippen molar-refractivity contribution >= 4 is 35.8 Å². The van der Waals surface area contributed by atoms with Crippen molar-refractivity contribution in [3.05, 3.63) is 90.5 Å². The molecule has 0 unspecified atom stereocenters. The number of rotatable bonds is 16. The molecule has 1 fully saturated rings. The number of amides is 3. The Morgan fingerprint density at radius 1 is 1.00 bits per heavy atom. The lowest BCUT2D eigenvalue weighted by Crippen LogP contribution is -2.63. The third-order valence-corrected chi connectivity index (χ3v) is 9.71. The fourth-order valence-electron chi connectivity index (χ4n) is 5.98. The molecule has 5 rings (SSSR count). The highest BCUT2D eigenvalue weighted by atomic mass is 32.2. The van der Waals surface area contributed by atoms with Crippen molar-refractivity contribution in [3.63, 3.8) is 0 Å². The lowest BCUT2D eigenvalue weighted by Gasteiger charge is -2.42. The number of H-pyrrole nitrogens is 1. The fraction of sp³-hybridized carbons (Fsp3) is 0.400. The molecular formula is C35H41N5O10S. The number of aromatic nitrogens is 2. The number of carbonyl (C=O) groups excluding carboxylic acids is 4. The molecule has 1 aliphatic heterocycles. The van der Waals surface area contributed by atoms with E-state index in [4.69, 9.17) is 24.7 Å². The molecule has 2 heterocycles. The molecule has 3 amide bonds. The molecule has 272 valence electrons. The number of nitrogens with one attached hydrogen (secondary N) is 3. The van der Waals surface area contributed by atoms with E-state index in [1.54, 1.807) is 0 Å². The van der Waals surface area contributed by atoms with E-state index in [1.165, 1.54) is 30.4 Å². The summed E-state index contributed by atoms with van der Waals surface area (Å²) < 4.78 is 22.1. The zero-order chi connectivity index (χ0) is 36.3. The number of carbonyl (C=O) groups is 4. The number of imidazole rings is 1. The van der Waals surface area contributed by atoms with E-state index in [2.05, 4.69) is 27.2 Å². The number of fused-ring (bicyclic) bond motifs is 3. The van der Waals surface area contributed by atoms with Crippen LogP contribution in [0.25, 0.3) is 11.1 Å². The first-order chi connectivity index (χ1) is 24.7. The number of hydrogen-bond donors (Lipinski definition) is 6. The fourth-order valence-corrected chi connectivity index (χ4v) is 7.18. The number of aromatic amines is 1. The van der Waals surface area contributed by atoms with Crippen LogP contribution >= 0.6 is 11.8 Å². The second-order valence-corrected chi connectivity index (χ2v) is 13.2. The molecule has 7 N–H and O–H groups in total. The topological polar surface area (TPSA) is 224 Å². The van der Waals surface area contributed by atoms with Gasteiger partial charge < -0.3 is 50.5 Å². The maximum atomic E-state index is 13.4. The molecule has 0 spiro atoms. The molecule has 2 aromatic carbocycles. The van der Waals surface area contributed by atoms with Crippen LogP contribution < -0.4 is 16.4 Å². The smallest absolute Gasteiger partial charge is 0.407 e. The number of nitrogens with two attached hydrogens (primary N) is 1. The molecule has 1 aromatic heterocycles. The van der Waals surface area contributed by atoms with E-state index >= 15 is 0 Å². The minimum Gasteiger partial charge on any atom is -0.461 e. The van der Waals surface area contributed by atoms with E-state index in [0.717, 1.165) is 22.3 Å². The Kier molecular flexibility index (Phi) is 13.1. The number of hydrogen-bond acceptors (Lipinski definition) is 12. The van der Waals surface area contributed by atoms with E-state index in [9.17, 15) is 29.4 Å². The molecule has 16 heteroatoms. The standard InChI is InChI=1S/C35H41N5O10S/c1-2-13-47-35(46)40-29-31(43)30(42)27(50-33(29)51-14-7-12-28(36)41)18-48-32(44)26(15-20-16-37-19-38-20)39-34(45)49-17-25-23-10-5-3-8-21(23)22-9-4-6-11-24(22)25/h2-6,8-11,16,19,25-27,29-31,33,42-43H,1,7,12-15,17-18H2,(H2,36,41)(H,37,38)(H,39,45)(H,40,46)/t26-,27+,29+,30-,31+,33+/m0/s1. The van der Waals surface area contributed by atoms with Gasteiger partial charge in [0.25, 0.3) is 0 Å². The van der Waals surface area contributed by atoms with Gasteiger partial charge in [0.2, 0.25) is 5.91 Å². The Morgan fingerprint density at radius 2 is 1.71 bits per heavy atom. The van der Waals surface area contributed by atoms with E-state index in [1.807, 2.05) is 48.5 Å². The third-order valence-electron chi connectivity index (χ3n) is 8.46. The first-order valence-electron chi connectivity index (χ1n) is 16.4. The van der Waals surface area contributed by atoms with Crippen LogP contribution in [0.15, 0.2) is 73.7 Å². The average Bonchev–Trinajstić information content (AvgIpc) is 3.76. The number of nitrogens with zero attached hydrogens (tertiary/aromatic N) is 1. The third kappa shape index (κ3) is 9.67. The molecule has 0 radical (unpaired) electrons. The minimum absolute atomic E-state index is 0.0170. The number of esters is 1. The second-order valence-electron chi connectivity index (χ2n) is 12.0. The highest BCUT2D eigenvalue weighted by Gasteiger charge is 2.46. The SMILES string of the molecule is C=CCOC(=O)N[C@@H]1[C@@H](O)[C@@H](O)[C@@H](COC(=O)[C@H](Cc2cnc[nH]2)NC(=O)OCC2c3ccccc3-c3ccccc32)O[C@@H]1SCCCC(N)=O. The van der Waals surface area contributed by atoms with Crippen LogP contribution in [0.1, 0.15) is 35.6 Å². The van der Waals surface area contributed by atoms with Gasteiger partial charge in [-0.15, -0.1) is 11.8 Å². The first kappa shape index (κ1) is 37.4. The highest BCUT2D eigenvalue weighted by molar-refractivity contribution is 7.99. The number of primary amides is 1. The van der Waals surface area contributed by atoms with E-state index in [0.29, 0.717) is 17.9 Å². The Balaban J connectivity index is 1.22. The summed E-state index contributed by atoms with van der Waals surface area (Å²) in [7, 11) is 0. The summed E-state index contributed by atoms with van der Waals surface area (Å²) in [5, 5.41) is 27.0. The van der Waals surface area contributed by atoms with Crippen molar-refractivity contribution < 1.29 is 48.3 Å². The van der Waals surface area contributed by atoms with Gasteiger partial charge in [0.15, 0.2) is 0 Å².